The molecule has 0 radical (unpaired) electrons. The lowest BCUT2D eigenvalue weighted by Crippen LogP contribution is -2.29. The van der Waals surface area contributed by atoms with Gasteiger partial charge in [0.1, 0.15) is 5.82 Å². The van der Waals surface area contributed by atoms with E-state index >= 15 is 0 Å². The van der Waals surface area contributed by atoms with E-state index in [1.54, 1.807) is 10.9 Å². The lowest BCUT2D eigenvalue weighted by atomic mass is 10.1. The molecule has 7 nitrogen and oxygen atoms in total. The maximum absolute atomic E-state index is 13.5. The zero-order valence-electron chi connectivity index (χ0n) is 14.4. The molecule has 3 N–H and O–H groups in total. The minimum Gasteiger partial charge on any atom is -0.381 e. The van der Waals surface area contributed by atoms with Crippen LogP contribution in [0.4, 0.5) is 15.8 Å². The van der Waals surface area contributed by atoms with Gasteiger partial charge in [0.2, 0.25) is 0 Å². The van der Waals surface area contributed by atoms with Crippen LogP contribution in [0.5, 0.6) is 0 Å². The number of hydrogen-bond acceptors (Lipinski definition) is 5. The van der Waals surface area contributed by atoms with Gasteiger partial charge >= 0.3 is 0 Å². The molecule has 1 saturated heterocycles. The first-order valence-electron chi connectivity index (χ1n) is 8.53. The summed E-state index contributed by atoms with van der Waals surface area (Å²) in [5.74, 6) is -0.725. The summed E-state index contributed by atoms with van der Waals surface area (Å²) >= 11 is 0. The first-order valence-corrected chi connectivity index (χ1v) is 8.53. The molecule has 3 rings (SSSR count). The number of benzene rings is 1. The van der Waals surface area contributed by atoms with Gasteiger partial charge in [0.15, 0.2) is 5.69 Å². The van der Waals surface area contributed by atoms with Crippen LogP contribution in [0, 0.1) is 5.82 Å². The summed E-state index contributed by atoms with van der Waals surface area (Å²) < 4.78 is 15.2. The van der Waals surface area contributed by atoms with Crippen LogP contribution >= 0.6 is 0 Å². The number of carbonyl (C=O) groups excluding carboxylic acids is 1. The average Bonchev–Trinajstić information content (AvgIpc) is 3.08. The predicted octanol–water partition coefficient (Wildman–Crippen LogP) is 2.41. The average molecular weight is 346 g/mol. The maximum Gasteiger partial charge on any atom is 0.277 e. The Morgan fingerprint density at radius 2 is 2.08 bits per heavy atom. The molecule has 0 bridgehead atoms. The molecule has 2 aromatic rings. The van der Waals surface area contributed by atoms with Crippen molar-refractivity contribution in [2.45, 2.75) is 38.8 Å². The van der Waals surface area contributed by atoms with Gasteiger partial charge in [-0.25, -0.2) is 9.07 Å². The summed E-state index contributed by atoms with van der Waals surface area (Å²) in [6.07, 6.45) is 3.60. The largest absolute Gasteiger partial charge is 0.381 e. The number of nitrogens with one attached hydrogen (secondary N) is 3. The first kappa shape index (κ1) is 17.3. The molecule has 0 spiro atoms. The second-order valence-electron chi connectivity index (χ2n) is 6.51. The molecular formula is C17H23FN6O. The fourth-order valence-corrected chi connectivity index (χ4v) is 2.87. The molecule has 0 saturated carbocycles. The molecule has 0 unspecified atom stereocenters. The van der Waals surface area contributed by atoms with E-state index in [-0.39, 0.29) is 29.5 Å². The zero-order chi connectivity index (χ0) is 17.8. The number of hydrogen-bond donors (Lipinski definition) is 3. The van der Waals surface area contributed by atoms with Crippen LogP contribution in [-0.4, -0.2) is 40.0 Å². The summed E-state index contributed by atoms with van der Waals surface area (Å²) in [5, 5.41) is 17.3. The molecule has 1 fully saturated rings. The lowest BCUT2D eigenvalue weighted by Gasteiger charge is -2.22. The van der Waals surface area contributed by atoms with Crippen molar-refractivity contribution >= 4 is 17.3 Å². The molecular weight excluding hydrogens is 323 g/mol. The SMILES string of the molecule is CC(C)Nc1cc(F)ccc1NC(=O)c1cn(C2CCNCC2)nn1. The normalized spacial score (nSPS) is 15.4. The maximum atomic E-state index is 13.5. The van der Waals surface area contributed by atoms with Gasteiger partial charge in [-0.2, -0.15) is 0 Å². The molecule has 2 heterocycles. The predicted molar refractivity (Wildman–Crippen MR) is 94.3 cm³/mol. The minimum absolute atomic E-state index is 0.109. The summed E-state index contributed by atoms with van der Waals surface area (Å²) in [6, 6.07) is 4.58. The molecule has 8 heteroatoms. The van der Waals surface area contributed by atoms with Crippen molar-refractivity contribution in [1.82, 2.24) is 20.3 Å². The van der Waals surface area contributed by atoms with E-state index in [1.165, 1.54) is 18.2 Å². The number of piperidine rings is 1. The van der Waals surface area contributed by atoms with Crippen LogP contribution in [0.15, 0.2) is 24.4 Å². The second kappa shape index (κ2) is 7.60. The molecule has 1 aromatic carbocycles. The highest BCUT2D eigenvalue weighted by atomic mass is 19.1. The molecule has 1 aliphatic heterocycles. The van der Waals surface area contributed by atoms with E-state index in [9.17, 15) is 9.18 Å². The Labute approximate surface area is 146 Å². The molecule has 1 amide bonds. The van der Waals surface area contributed by atoms with Crippen molar-refractivity contribution in [3.63, 3.8) is 0 Å². The van der Waals surface area contributed by atoms with E-state index in [0.29, 0.717) is 11.4 Å². The van der Waals surface area contributed by atoms with Crippen LogP contribution in [0.2, 0.25) is 0 Å². The van der Waals surface area contributed by atoms with E-state index in [0.717, 1.165) is 25.9 Å². The number of halogens is 1. The molecule has 0 aliphatic carbocycles. The first-order chi connectivity index (χ1) is 12.0. The summed E-state index contributed by atoms with van der Waals surface area (Å²) in [4.78, 5) is 12.5. The van der Waals surface area contributed by atoms with Gasteiger partial charge in [-0.05, 0) is 58.0 Å². The third-order valence-corrected chi connectivity index (χ3v) is 4.10. The monoisotopic (exact) mass is 346 g/mol. The Morgan fingerprint density at radius 3 is 2.80 bits per heavy atom. The fraction of sp³-hybridized carbons (Fsp3) is 0.471. The molecule has 134 valence electrons. The summed E-state index contributed by atoms with van der Waals surface area (Å²) in [6.45, 7) is 5.76. The highest BCUT2D eigenvalue weighted by Crippen LogP contribution is 2.24. The van der Waals surface area contributed by atoms with Gasteiger partial charge in [-0.15, -0.1) is 5.10 Å². The van der Waals surface area contributed by atoms with Gasteiger partial charge in [-0.1, -0.05) is 5.21 Å². The number of aromatic nitrogens is 3. The van der Waals surface area contributed by atoms with Crippen molar-refractivity contribution in [1.29, 1.82) is 0 Å². The van der Waals surface area contributed by atoms with Gasteiger partial charge in [0.25, 0.3) is 5.91 Å². The number of rotatable bonds is 5. The Kier molecular flexibility index (Phi) is 5.28. The van der Waals surface area contributed by atoms with E-state index in [4.69, 9.17) is 0 Å². The zero-order valence-corrected chi connectivity index (χ0v) is 14.4. The van der Waals surface area contributed by atoms with E-state index < -0.39 is 0 Å². The Bertz CT molecular complexity index is 738. The topological polar surface area (TPSA) is 83.9 Å². The molecule has 1 aliphatic rings. The second-order valence-corrected chi connectivity index (χ2v) is 6.51. The molecule has 25 heavy (non-hydrogen) atoms. The molecule has 0 atom stereocenters. The van der Waals surface area contributed by atoms with E-state index in [2.05, 4.69) is 26.3 Å². The van der Waals surface area contributed by atoms with Gasteiger partial charge in [-0.3, -0.25) is 4.79 Å². The highest BCUT2D eigenvalue weighted by molar-refractivity contribution is 6.04. The van der Waals surface area contributed by atoms with Crippen LogP contribution in [0.25, 0.3) is 0 Å². The number of carbonyl (C=O) groups is 1. The van der Waals surface area contributed by atoms with Crippen LogP contribution in [-0.2, 0) is 0 Å². The Hall–Kier alpha value is -2.48. The minimum atomic E-state index is -0.363. The van der Waals surface area contributed by atoms with Crippen molar-refractivity contribution in [3.8, 4) is 0 Å². The van der Waals surface area contributed by atoms with Gasteiger partial charge < -0.3 is 16.0 Å². The van der Waals surface area contributed by atoms with Crippen molar-refractivity contribution in [2.24, 2.45) is 0 Å². The van der Waals surface area contributed by atoms with Crippen LogP contribution in [0.3, 0.4) is 0 Å². The number of anilines is 2. The van der Waals surface area contributed by atoms with Crippen LogP contribution in [0.1, 0.15) is 43.2 Å². The number of nitrogens with zero attached hydrogens (tertiary/aromatic N) is 3. The van der Waals surface area contributed by atoms with Gasteiger partial charge in [0, 0.05) is 6.04 Å². The van der Waals surface area contributed by atoms with Crippen LogP contribution < -0.4 is 16.0 Å². The van der Waals surface area contributed by atoms with Crippen molar-refractivity contribution in [3.05, 3.63) is 35.9 Å². The van der Waals surface area contributed by atoms with Crippen molar-refractivity contribution in [2.75, 3.05) is 23.7 Å². The third-order valence-electron chi connectivity index (χ3n) is 4.10. The number of amides is 1. The Balaban J connectivity index is 1.73. The quantitative estimate of drug-likeness (QED) is 0.774. The Morgan fingerprint density at radius 1 is 1.32 bits per heavy atom. The third kappa shape index (κ3) is 4.33. The highest BCUT2D eigenvalue weighted by Gasteiger charge is 2.19. The smallest absolute Gasteiger partial charge is 0.277 e. The standard InChI is InChI=1S/C17H23FN6O/c1-11(2)20-15-9-12(18)3-4-14(15)21-17(25)16-10-24(23-22-16)13-5-7-19-8-6-13/h3-4,9-11,13,19-20H,5-8H2,1-2H3,(H,21,25). The van der Waals surface area contributed by atoms with Crippen molar-refractivity contribution < 1.29 is 9.18 Å². The van der Waals surface area contributed by atoms with Gasteiger partial charge in [0.05, 0.1) is 23.6 Å². The fourth-order valence-electron chi connectivity index (χ4n) is 2.87. The van der Waals surface area contributed by atoms with E-state index in [1.807, 2.05) is 13.8 Å². The lowest BCUT2D eigenvalue weighted by molar-refractivity contribution is 0.102. The summed E-state index contributed by atoms with van der Waals surface area (Å²) in [5.41, 5.74) is 1.30. The summed E-state index contributed by atoms with van der Waals surface area (Å²) in [7, 11) is 0. The molecule has 1 aromatic heterocycles.